The van der Waals surface area contributed by atoms with Gasteiger partial charge in [0.05, 0.1) is 0 Å². The van der Waals surface area contributed by atoms with Gasteiger partial charge in [-0.25, -0.2) is 0 Å². The monoisotopic (exact) mass is 696 g/mol. The predicted molar refractivity (Wildman–Crippen MR) is 235 cm³/mol. The van der Waals surface area contributed by atoms with Crippen molar-refractivity contribution in [3.63, 3.8) is 0 Å². The summed E-state index contributed by atoms with van der Waals surface area (Å²) in [5.41, 5.74) is 9.07. The van der Waals surface area contributed by atoms with Crippen LogP contribution in [0.25, 0.3) is 120 Å². The van der Waals surface area contributed by atoms with E-state index in [0.717, 1.165) is 21.9 Å². The Labute approximate surface area is 317 Å². The molecule has 0 spiro atoms. The van der Waals surface area contributed by atoms with Crippen molar-refractivity contribution in [1.29, 1.82) is 0 Å². The van der Waals surface area contributed by atoms with Gasteiger partial charge in [-0.3, -0.25) is 0 Å². The molecule has 0 aliphatic rings. The molecule has 1 aromatic heterocycles. The van der Waals surface area contributed by atoms with Gasteiger partial charge in [-0.1, -0.05) is 152 Å². The van der Waals surface area contributed by atoms with E-state index >= 15 is 0 Å². The van der Waals surface area contributed by atoms with Gasteiger partial charge in [-0.05, 0) is 140 Å². The third-order valence-corrected chi connectivity index (χ3v) is 11.8. The van der Waals surface area contributed by atoms with Crippen LogP contribution >= 0.6 is 0 Å². The van der Waals surface area contributed by atoms with Gasteiger partial charge >= 0.3 is 0 Å². The van der Waals surface area contributed by atoms with E-state index in [2.05, 4.69) is 194 Å². The third kappa shape index (κ3) is 4.67. The third-order valence-electron chi connectivity index (χ3n) is 11.8. The number of benzene rings is 11. The van der Waals surface area contributed by atoms with E-state index in [9.17, 15) is 0 Å². The van der Waals surface area contributed by atoms with Gasteiger partial charge < -0.3 is 4.42 Å². The van der Waals surface area contributed by atoms with Crippen LogP contribution in [0, 0.1) is 0 Å². The molecule has 11 aromatic carbocycles. The van der Waals surface area contributed by atoms with Crippen LogP contribution < -0.4 is 0 Å². The fourth-order valence-corrected chi connectivity index (χ4v) is 9.13. The molecule has 0 bridgehead atoms. The number of hydrogen-bond acceptors (Lipinski definition) is 1. The van der Waals surface area contributed by atoms with E-state index in [-0.39, 0.29) is 0 Å². The molecule has 0 aliphatic carbocycles. The normalized spacial score (nSPS) is 12.0. The minimum absolute atomic E-state index is 0.904. The van der Waals surface area contributed by atoms with E-state index in [1.54, 1.807) is 0 Å². The molecule has 0 radical (unpaired) electrons. The zero-order valence-corrected chi connectivity index (χ0v) is 29.9. The van der Waals surface area contributed by atoms with Crippen LogP contribution in [0.4, 0.5) is 0 Å². The van der Waals surface area contributed by atoms with Crippen LogP contribution in [-0.2, 0) is 0 Å². The molecule has 254 valence electrons. The second kappa shape index (κ2) is 11.6. The maximum atomic E-state index is 6.37. The first-order chi connectivity index (χ1) is 27.2. The lowest BCUT2D eigenvalue weighted by molar-refractivity contribution is 0.669. The van der Waals surface area contributed by atoms with E-state index in [4.69, 9.17) is 4.42 Å². The minimum Gasteiger partial charge on any atom is -0.456 e. The highest BCUT2D eigenvalue weighted by Crippen LogP contribution is 2.42. The minimum atomic E-state index is 0.904. The summed E-state index contributed by atoms with van der Waals surface area (Å²) in [5, 5.41) is 17.5. The zero-order valence-electron chi connectivity index (χ0n) is 29.9. The first kappa shape index (κ1) is 30.3. The van der Waals surface area contributed by atoms with Crippen molar-refractivity contribution in [2.75, 3.05) is 0 Å². The predicted octanol–water partition coefficient (Wildman–Crippen LogP) is 15.5. The summed E-state index contributed by atoms with van der Waals surface area (Å²) >= 11 is 0. The Morgan fingerprint density at radius 2 is 0.745 bits per heavy atom. The van der Waals surface area contributed by atoms with Crippen molar-refractivity contribution in [2.24, 2.45) is 0 Å². The molecule has 0 amide bonds. The van der Waals surface area contributed by atoms with Crippen molar-refractivity contribution in [3.8, 4) is 33.4 Å². The summed E-state index contributed by atoms with van der Waals surface area (Å²) in [5.74, 6) is 0. The van der Waals surface area contributed by atoms with Crippen molar-refractivity contribution in [2.45, 2.75) is 0 Å². The van der Waals surface area contributed by atoms with Gasteiger partial charge in [-0.2, -0.15) is 0 Å². The summed E-state index contributed by atoms with van der Waals surface area (Å²) in [7, 11) is 0. The van der Waals surface area contributed by atoms with Crippen molar-refractivity contribution < 1.29 is 4.42 Å². The Bertz CT molecular complexity index is 3540. The topological polar surface area (TPSA) is 13.1 Å². The van der Waals surface area contributed by atoms with Crippen molar-refractivity contribution in [1.82, 2.24) is 0 Å². The first-order valence-corrected chi connectivity index (χ1v) is 19.0. The molecule has 1 nitrogen and oxygen atoms in total. The molecule has 0 atom stereocenters. The average molecular weight is 697 g/mol. The summed E-state index contributed by atoms with van der Waals surface area (Å²) in [4.78, 5) is 0. The standard InChI is InChI=1S/C54H32O/c1-3-11-43-34(8-1)10-7-15-44(43)40-25-27-52-50(31-40)49-30-38(24-26-51(49)55-52)37-21-16-33-17-22-39(29-42(33)28-37)48-32-41-23-20-36-19-18-35-9-2-4-12-45(35)53(36)54(41)47-14-6-5-13-46(47)48/h1-32H. The lowest BCUT2D eigenvalue weighted by atomic mass is 9.88. The molecule has 0 aliphatic heterocycles. The SMILES string of the molecule is c1ccc2c(-c3ccc4oc5ccc(-c6ccc7ccc(-c8cc9ccc%10ccc%11ccccc%11c%10c9c9ccccc89)cc7c6)cc5c4c3)cccc2c1. The van der Waals surface area contributed by atoms with E-state index < -0.39 is 0 Å². The largest absolute Gasteiger partial charge is 0.456 e. The number of hydrogen-bond donors (Lipinski definition) is 0. The lowest BCUT2D eigenvalue weighted by Gasteiger charge is -2.15. The van der Waals surface area contributed by atoms with Crippen molar-refractivity contribution in [3.05, 3.63) is 194 Å². The van der Waals surface area contributed by atoms with Gasteiger partial charge in [-0.15, -0.1) is 0 Å². The summed E-state index contributed by atoms with van der Waals surface area (Å²) in [6.45, 7) is 0. The van der Waals surface area contributed by atoms with Crippen LogP contribution in [0.15, 0.2) is 199 Å². The van der Waals surface area contributed by atoms with Crippen LogP contribution in [0.2, 0.25) is 0 Å². The molecule has 55 heavy (non-hydrogen) atoms. The molecule has 0 fully saturated rings. The quantitative estimate of drug-likeness (QED) is 0.168. The molecule has 0 saturated carbocycles. The van der Waals surface area contributed by atoms with Crippen molar-refractivity contribution >= 4 is 86.6 Å². The maximum Gasteiger partial charge on any atom is 0.135 e. The van der Waals surface area contributed by atoms with Crippen LogP contribution in [0.3, 0.4) is 0 Å². The number of fused-ring (bicyclic) bond motifs is 12. The average Bonchev–Trinajstić information content (AvgIpc) is 3.62. The Balaban J connectivity index is 0.995. The summed E-state index contributed by atoms with van der Waals surface area (Å²) in [6, 6.07) is 71.2. The molecule has 12 aromatic rings. The zero-order chi connectivity index (χ0) is 36.0. The van der Waals surface area contributed by atoms with Gasteiger partial charge in [0, 0.05) is 10.8 Å². The van der Waals surface area contributed by atoms with Gasteiger partial charge in [0.1, 0.15) is 11.2 Å². The van der Waals surface area contributed by atoms with E-state index in [1.807, 2.05) is 0 Å². The number of furan rings is 1. The first-order valence-electron chi connectivity index (χ1n) is 19.0. The Morgan fingerprint density at radius 1 is 0.236 bits per heavy atom. The highest BCUT2D eigenvalue weighted by molar-refractivity contribution is 6.29. The Hall–Kier alpha value is -7.22. The molecule has 0 N–H and O–H groups in total. The van der Waals surface area contributed by atoms with Gasteiger partial charge in [0.2, 0.25) is 0 Å². The summed E-state index contributed by atoms with van der Waals surface area (Å²) < 4.78 is 6.37. The molecule has 1 heterocycles. The molecular formula is C54H32O. The summed E-state index contributed by atoms with van der Waals surface area (Å²) in [6.07, 6.45) is 0. The number of rotatable bonds is 3. The molecule has 0 unspecified atom stereocenters. The maximum absolute atomic E-state index is 6.37. The van der Waals surface area contributed by atoms with Crippen LogP contribution in [0.1, 0.15) is 0 Å². The van der Waals surface area contributed by atoms with Crippen LogP contribution in [-0.4, -0.2) is 0 Å². The second-order valence-electron chi connectivity index (χ2n) is 14.8. The van der Waals surface area contributed by atoms with Crippen LogP contribution in [0.5, 0.6) is 0 Å². The molecule has 0 saturated heterocycles. The molecule has 1 heteroatoms. The fourth-order valence-electron chi connectivity index (χ4n) is 9.13. The van der Waals surface area contributed by atoms with Gasteiger partial charge in [0.15, 0.2) is 0 Å². The highest BCUT2D eigenvalue weighted by Gasteiger charge is 2.15. The van der Waals surface area contributed by atoms with E-state index in [0.29, 0.717) is 0 Å². The van der Waals surface area contributed by atoms with Gasteiger partial charge in [0.25, 0.3) is 0 Å². The fraction of sp³-hybridized carbons (Fsp3) is 0. The lowest BCUT2D eigenvalue weighted by Crippen LogP contribution is -1.88. The second-order valence-corrected chi connectivity index (χ2v) is 14.8. The highest BCUT2D eigenvalue weighted by atomic mass is 16.3. The molecule has 12 rings (SSSR count). The van der Waals surface area contributed by atoms with E-state index in [1.165, 1.54) is 98.0 Å². The molecular weight excluding hydrogens is 665 g/mol. The Kier molecular flexibility index (Phi) is 6.40. The smallest absolute Gasteiger partial charge is 0.135 e. The Morgan fingerprint density at radius 3 is 1.56 bits per heavy atom.